The smallest absolute Gasteiger partial charge is 0.283 e. The van der Waals surface area contributed by atoms with E-state index in [9.17, 15) is 18.0 Å². The van der Waals surface area contributed by atoms with E-state index in [-0.39, 0.29) is 22.5 Å². The molecule has 0 aliphatic carbocycles. The molecule has 0 bridgehead atoms. The monoisotopic (exact) mass is 773 g/mol. The number of carbonyl (C=O) groups is 2. The number of aromatic nitrogens is 4. The largest absolute Gasteiger partial charge is 0.491 e. The third-order valence-corrected chi connectivity index (χ3v) is 10.9. The molecule has 7 rings (SSSR count). The molecular weight excluding hydrogens is 731 g/mol. The first-order valence-electron chi connectivity index (χ1n) is 18.2. The molecule has 3 aromatic carbocycles. The predicted molar refractivity (Wildman–Crippen MR) is 215 cm³/mol. The standard InChI is InChI=1S/C41H43N9O5S/c1-28-23-32(15-16-35(28)43-30(18-20-48(2)3)27-55-31-10-5-4-6-11-31)56(53,54)47-41(52)36-13-8-14-38(44-36)49-21-17-29-9-7-12-33(34(29)25-49)40(51)46-37-26-50-22-19-42-24-39(50)45-37/h4-16,19,22-24,26,30,43H,17-18,20-21,25,27H2,1-3H3,(H,46,51)(H,47,52)/t30-/m1/s1. The number of nitrogens with one attached hydrogen (secondary N) is 3. The predicted octanol–water partition coefficient (Wildman–Crippen LogP) is 5.18. The van der Waals surface area contributed by atoms with E-state index in [0.29, 0.717) is 54.5 Å². The molecule has 3 N–H and O–H groups in total. The molecule has 0 unspecified atom stereocenters. The fraction of sp³-hybridized carbons (Fsp3) is 0.244. The third-order valence-electron chi connectivity index (χ3n) is 9.53. The van der Waals surface area contributed by atoms with Crippen LogP contribution in [0.4, 0.5) is 17.3 Å². The fourth-order valence-corrected chi connectivity index (χ4v) is 7.59. The maximum Gasteiger partial charge on any atom is 0.283 e. The number of anilines is 3. The van der Waals surface area contributed by atoms with Crippen LogP contribution >= 0.6 is 0 Å². The van der Waals surface area contributed by atoms with Gasteiger partial charge in [-0.15, -0.1) is 0 Å². The summed E-state index contributed by atoms with van der Waals surface area (Å²) >= 11 is 0. The molecule has 6 aromatic rings. The molecule has 0 radical (unpaired) electrons. The van der Waals surface area contributed by atoms with Gasteiger partial charge in [-0.05, 0) is 106 Å². The highest BCUT2D eigenvalue weighted by atomic mass is 32.2. The summed E-state index contributed by atoms with van der Waals surface area (Å²) in [5, 5.41) is 6.40. The Morgan fingerprint density at radius 2 is 1.79 bits per heavy atom. The number of carbonyl (C=O) groups excluding carboxylic acids is 2. The average Bonchev–Trinajstić information content (AvgIpc) is 3.61. The first kappa shape index (κ1) is 38.0. The number of ether oxygens (including phenoxy) is 1. The number of hydrogen-bond donors (Lipinski definition) is 3. The van der Waals surface area contributed by atoms with Crippen molar-refractivity contribution < 1.29 is 22.7 Å². The van der Waals surface area contributed by atoms with E-state index in [1.54, 1.807) is 53.5 Å². The molecule has 14 nitrogen and oxygen atoms in total. The van der Waals surface area contributed by atoms with Crippen molar-refractivity contribution in [1.29, 1.82) is 0 Å². The molecule has 1 aliphatic rings. The van der Waals surface area contributed by atoms with Gasteiger partial charge in [0.05, 0.1) is 23.3 Å². The van der Waals surface area contributed by atoms with Gasteiger partial charge < -0.3 is 29.6 Å². The second kappa shape index (κ2) is 16.6. The molecule has 1 aliphatic heterocycles. The van der Waals surface area contributed by atoms with Crippen LogP contribution in [0.3, 0.4) is 0 Å². The van der Waals surface area contributed by atoms with Gasteiger partial charge in [0.2, 0.25) is 0 Å². The Bertz CT molecular complexity index is 2440. The van der Waals surface area contributed by atoms with E-state index in [2.05, 4.69) is 35.2 Å². The summed E-state index contributed by atoms with van der Waals surface area (Å²) in [5.74, 6) is 0.503. The van der Waals surface area contributed by atoms with Gasteiger partial charge in [-0.3, -0.25) is 14.6 Å². The summed E-state index contributed by atoms with van der Waals surface area (Å²) in [6, 6.07) is 24.8. The minimum atomic E-state index is -4.24. The number of rotatable bonds is 14. The van der Waals surface area contributed by atoms with Gasteiger partial charge in [-0.2, -0.15) is 0 Å². The SMILES string of the molecule is Cc1cc(S(=O)(=O)NC(=O)c2cccc(N3CCc4cccc(C(=O)Nc5cn6ccncc6n5)c4C3)n2)ccc1N[C@H](CCN(C)C)COc1ccccc1. The van der Waals surface area contributed by atoms with Crippen LogP contribution in [0.5, 0.6) is 5.75 Å². The topological polar surface area (TPSA) is 163 Å². The number of aryl methyl sites for hydroxylation is 1. The lowest BCUT2D eigenvalue weighted by Gasteiger charge is -2.31. The van der Waals surface area contributed by atoms with E-state index in [0.717, 1.165) is 35.5 Å². The molecule has 15 heteroatoms. The molecule has 56 heavy (non-hydrogen) atoms. The number of hydrogen-bond acceptors (Lipinski definition) is 11. The van der Waals surface area contributed by atoms with E-state index >= 15 is 0 Å². The van der Waals surface area contributed by atoms with Crippen molar-refractivity contribution in [2.24, 2.45) is 0 Å². The zero-order chi connectivity index (χ0) is 39.2. The Kier molecular flexibility index (Phi) is 11.2. The molecule has 0 saturated carbocycles. The maximum atomic E-state index is 13.5. The van der Waals surface area contributed by atoms with E-state index in [1.165, 1.54) is 18.2 Å². The van der Waals surface area contributed by atoms with Gasteiger partial charge in [0.15, 0.2) is 11.5 Å². The Hall–Kier alpha value is -6.32. The maximum absolute atomic E-state index is 13.5. The highest BCUT2D eigenvalue weighted by Crippen LogP contribution is 2.27. The molecule has 0 fully saturated rings. The van der Waals surface area contributed by atoms with Crippen LogP contribution in [0, 0.1) is 6.92 Å². The Morgan fingerprint density at radius 1 is 0.964 bits per heavy atom. The second-order valence-corrected chi connectivity index (χ2v) is 15.6. The van der Waals surface area contributed by atoms with Gasteiger partial charge in [0.25, 0.3) is 21.8 Å². The average molecular weight is 774 g/mol. The molecule has 288 valence electrons. The van der Waals surface area contributed by atoms with Crippen LogP contribution in [0.2, 0.25) is 0 Å². The Balaban J connectivity index is 1.01. The van der Waals surface area contributed by atoms with E-state index < -0.39 is 15.9 Å². The summed E-state index contributed by atoms with van der Waals surface area (Å²) in [5.41, 5.74) is 4.39. The Morgan fingerprint density at radius 3 is 2.57 bits per heavy atom. The first-order chi connectivity index (χ1) is 27.0. The summed E-state index contributed by atoms with van der Waals surface area (Å²) < 4.78 is 37.0. The lowest BCUT2D eigenvalue weighted by Crippen LogP contribution is -2.34. The highest BCUT2D eigenvalue weighted by molar-refractivity contribution is 7.90. The van der Waals surface area contributed by atoms with Crippen LogP contribution in [0.15, 0.2) is 115 Å². The van der Waals surface area contributed by atoms with Gasteiger partial charge in [0.1, 0.15) is 23.9 Å². The van der Waals surface area contributed by atoms with Crippen molar-refractivity contribution in [2.75, 3.05) is 49.3 Å². The fourth-order valence-electron chi connectivity index (χ4n) is 6.54. The molecular formula is C41H43N9O5S. The van der Waals surface area contributed by atoms with Crippen LogP contribution in [-0.2, 0) is 23.0 Å². The Labute approximate surface area is 325 Å². The number of imidazole rings is 1. The zero-order valence-electron chi connectivity index (χ0n) is 31.3. The molecule has 4 heterocycles. The number of pyridine rings is 1. The van der Waals surface area contributed by atoms with Gasteiger partial charge in [-0.1, -0.05) is 36.4 Å². The van der Waals surface area contributed by atoms with Gasteiger partial charge in [0, 0.05) is 36.7 Å². The van der Waals surface area contributed by atoms with Gasteiger partial charge in [-0.25, -0.2) is 23.1 Å². The molecule has 0 spiro atoms. The van der Waals surface area contributed by atoms with Crippen LogP contribution in [-0.4, -0.2) is 84.3 Å². The number of fused-ring (bicyclic) bond motifs is 2. The van der Waals surface area contributed by atoms with Crippen molar-refractivity contribution in [1.82, 2.24) is 29.0 Å². The van der Waals surface area contributed by atoms with Crippen LogP contribution in [0.25, 0.3) is 5.65 Å². The lowest BCUT2D eigenvalue weighted by molar-refractivity contribution is 0.0975. The first-order valence-corrected chi connectivity index (χ1v) is 19.7. The summed E-state index contributed by atoms with van der Waals surface area (Å²) in [4.78, 5) is 43.9. The van der Waals surface area contributed by atoms with Crippen LogP contribution < -0.4 is 25.0 Å². The highest BCUT2D eigenvalue weighted by Gasteiger charge is 2.25. The number of para-hydroxylation sites is 1. The number of benzene rings is 3. The third kappa shape index (κ3) is 8.96. The molecule has 0 saturated heterocycles. The van der Waals surface area contributed by atoms with Crippen molar-refractivity contribution in [3.8, 4) is 5.75 Å². The van der Waals surface area contributed by atoms with Crippen molar-refractivity contribution in [2.45, 2.75) is 37.2 Å². The van der Waals surface area contributed by atoms with Gasteiger partial charge >= 0.3 is 0 Å². The van der Waals surface area contributed by atoms with Crippen molar-refractivity contribution in [3.05, 3.63) is 138 Å². The normalized spacial score (nSPS) is 13.2. The quantitative estimate of drug-likeness (QED) is 0.134. The van der Waals surface area contributed by atoms with Crippen LogP contribution in [0.1, 0.15) is 44.0 Å². The summed E-state index contributed by atoms with van der Waals surface area (Å²) in [7, 11) is -0.219. The molecule has 2 amide bonds. The van der Waals surface area contributed by atoms with E-state index in [4.69, 9.17) is 4.74 Å². The summed E-state index contributed by atoms with van der Waals surface area (Å²) in [6.07, 6.45) is 8.16. The molecule has 1 atom stereocenters. The number of sulfonamides is 1. The second-order valence-electron chi connectivity index (χ2n) is 13.9. The minimum Gasteiger partial charge on any atom is -0.491 e. The summed E-state index contributed by atoms with van der Waals surface area (Å²) in [6.45, 7) is 4.01. The van der Waals surface area contributed by atoms with Crippen molar-refractivity contribution in [3.63, 3.8) is 0 Å². The minimum absolute atomic E-state index is 0.0462. The molecule has 3 aromatic heterocycles. The van der Waals surface area contributed by atoms with Crippen molar-refractivity contribution >= 4 is 44.8 Å². The zero-order valence-corrected chi connectivity index (χ0v) is 32.2. The van der Waals surface area contributed by atoms with E-state index in [1.807, 2.05) is 68.4 Å². The lowest BCUT2D eigenvalue weighted by atomic mass is 9.94. The number of amides is 2. The number of nitrogens with zero attached hydrogens (tertiary/aromatic N) is 6.